The minimum Gasteiger partial charge on any atom is -0.478 e. The van der Waals surface area contributed by atoms with Gasteiger partial charge in [0.25, 0.3) is 0 Å². The number of aromatic carboxylic acids is 1. The predicted octanol–water partition coefficient (Wildman–Crippen LogP) is 2.20. The van der Waals surface area contributed by atoms with Gasteiger partial charge in [-0.3, -0.25) is 9.48 Å². The van der Waals surface area contributed by atoms with E-state index in [-0.39, 0.29) is 11.5 Å². The molecular weight excluding hydrogens is 270 g/mol. The van der Waals surface area contributed by atoms with Crippen molar-refractivity contribution in [3.05, 3.63) is 18.0 Å². The first kappa shape index (κ1) is 15.5. The van der Waals surface area contributed by atoms with Crippen LogP contribution in [0.5, 0.6) is 0 Å². The van der Waals surface area contributed by atoms with Crippen molar-refractivity contribution in [2.45, 2.75) is 64.0 Å². The third kappa shape index (κ3) is 5.21. The van der Waals surface area contributed by atoms with Crippen LogP contribution in [0.3, 0.4) is 0 Å². The summed E-state index contributed by atoms with van der Waals surface area (Å²) in [5, 5.41) is 15.8. The van der Waals surface area contributed by atoms with Crippen LogP contribution in [0.1, 0.15) is 61.7 Å². The van der Waals surface area contributed by atoms with Gasteiger partial charge in [-0.1, -0.05) is 32.1 Å². The van der Waals surface area contributed by atoms with Gasteiger partial charge in [0.05, 0.1) is 11.8 Å². The number of aryl methyl sites for hydroxylation is 1. The van der Waals surface area contributed by atoms with Crippen molar-refractivity contribution in [3.8, 4) is 0 Å². The van der Waals surface area contributed by atoms with Crippen LogP contribution in [0.4, 0.5) is 0 Å². The first-order valence-corrected chi connectivity index (χ1v) is 7.70. The number of aromatic nitrogens is 2. The highest BCUT2D eigenvalue weighted by Gasteiger charge is 2.14. The van der Waals surface area contributed by atoms with Crippen LogP contribution in [-0.4, -0.2) is 32.8 Å². The first-order valence-electron chi connectivity index (χ1n) is 7.70. The molecule has 0 saturated heterocycles. The average Bonchev–Trinajstić information content (AvgIpc) is 2.88. The maximum Gasteiger partial charge on any atom is 0.338 e. The van der Waals surface area contributed by atoms with Gasteiger partial charge in [-0.25, -0.2) is 4.79 Å². The fourth-order valence-electron chi connectivity index (χ4n) is 2.71. The SMILES string of the molecule is O=C(CCn1cc(C(=O)O)cn1)NC1CCCCCCC1. The van der Waals surface area contributed by atoms with Crippen molar-refractivity contribution in [2.24, 2.45) is 0 Å². The van der Waals surface area contributed by atoms with E-state index in [0.717, 1.165) is 12.8 Å². The smallest absolute Gasteiger partial charge is 0.338 e. The minimum atomic E-state index is -1.000. The van der Waals surface area contributed by atoms with Crippen molar-refractivity contribution in [1.82, 2.24) is 15.1 Å². The van der Waals surface area contributed by atoms with Gasteiger partial charge in [0.1, 0.15) is 0 Å². The Kier molecular flexibility index (Phi) is 5.78. The highest BCUT2D eigenvalue weighted by molar-refractivity contribution is 5.86. The van der Waals surface area contributed by atoms with Crippen LogP contribution in [-0.2, 0) is 11.3 Å². The number of hydrogen-bond donors (Lipinski definition) is 2. The van der Waals surface area contributed by atoms with E-state index in [0.29, 0.717) is 19.0 Å². The van der Waals surface area contributed by atoms with Crippen molar-refractivity contribution in [3.63, 3.8) is 0 Å². The normalized spacial score (nSPS) is 17.0. The molecule has 6 nitrogen and oxygen atoms in total. The van der Waals surface area contributed by atoms with Crippen LogP contribution in [0.25, 0.3) is 0 Å². The summed E-state index contributed by atoms with van der Waals surface area (Å²) in [7, 11) is 0. The molecule has 1 saturated carbocycles. The van der Waals surface area contributed by atoms with Crippen LogP contribution in [0.2, 0.25) is 0 Å². The van der Waals surface area contributed by atoms with E-state index in [9.17, 15) is 9.59 Å². The van der Waals surface area contributed by atoms with Gasteiger partial charge < -0.3 is 10.4 Å². The monoisotopic (exact) mass is 293 g/mol. The van der Waals surface area contributed by atoms with E-state index in [1.165, 1.54) is 49.2 Å². The highest BCUT2D eigenvalue weighted by Crippen LogP contribution is 2.17. The Morgan fingerprint density at radius 1 is 1.24 bits per heavy atom. The highest BCUT2D eigenvalue weighted by atomic mass is 16.4. The summed E-state index contributed by atoms with van der Waals surface area (Å²) in [5.74, 6) is -0.979. The van der Waals surface area contributed by atoms with Crippen molar-refractivity contribution >= 4 is 11.9 Å². The van der Waals surface area contributed by atoms with E-state index in [1.54, 1.807) is 0 Å². The zero-order valence-electron chi connectivity index (χ0n) is 12.3. The number of hydrogen-bond acceptors (Lipinski definition) is 3. The maximum absolute atomic E-state index is 12.0. The number of nitrogens with one attached hydrogen (secondary N) is 1. The fourth-order valence-corrected chi connectivity index (χ4v) is 2.71. The van der Waals surface area contributed by atoms with E-state index in [4.69, 9.17) is 5.11 Å². The third-order valence-corrected chi connectivity index (χ3v) is 3.92. The summed E-state index contributed by atoms with van der Waals surface area (Å²) in [6.07, 6.45) is 11.4. The largest absolute Gasteiger partial charge is 0.478 e. The number of carbonyl (C=O) groups excluding carboxylic acids is 1. The second-order valence-corrected chi connectivity index (χ2v) is 5.66. The molecule has 0 bridgehead atoms. The van der Waals surface area contributed by atoms with Crippen LogP contribution >= 0.6 is 0 Å². The zero-order valence-corrected chi connectivity index (χ0v) is 12.3. The average molecular weight is 293 g/mol. The van der Waals surface area contributed by atoms with E-state index < -0.39 is 5.97 Å². The lowest BCUT2D eigenvalue weighted by Crippen LogP contribution is -2.35. The Morgan fingerprint density at radius 2 is 1.90 bits per heavy atom. The lowest BCUT2D eigenvalue weighted by Gasteiger charge is -2.21. The van der Waals surface area contributed by atoms with E-state index >= 15 is 0 Å². The number of nitrogens with zero attached hydrogens (tertiary/aromatic N) is 2. The van der Waals surface area contributed by atoms with Gasteiger partial charge in [0.15, 0.2) is 0 Å². The Bertz CT molecular complexity index is 476. The molecule has 2 rings (SSSR count). The molecule has 1 aromatic heterocycles. The molecule has 2 N–H and O–H groups in total. The molecule has 0 aliphatic heterocycles. The molecule has 21 heavy (non-hydrogen) atoms. The van der Waals surface area contributed by atoms with E-state index in [1.807, 2.05) is 0 Å². The Labute approximate surface area is 124 Å². The second kappa shape index (κ2) is 7.81. The molecule has 0 radical (unpaired) electrons. The maximum atomic E-state index is 12.0. The summed E-state index contributed by atoms with van der Waals surface area (Å²) in [5.41, 5.74) is 0.149. The summed E-state index contributed by atoms with van der Waals surface area (Å²) in [6, 6.07) is 0.296. The number of carboxylic acids is 1. The fraction of sp³-hybridized carbons (Fsp3) is 0.667. The molecular formula is C15H23N3O3. The second-order valence-electron chi connectivity index (χ2n) is 5.66. The van der Waals surface area contributed by atoms with Crippen molar-refractivity contribution < 1.29 is 14.7 Å². The number of carbonyl (C=O) groups is 2. The number of amides is 1. The van der Waals surface area contributed by atoms with Gasteiger partial charge in [0, 0.05) is 25.2 Å². The minimum absolute atomic E-state index is 0.0212. The molecule has 1 amide bonds. The Hall–Kier alpha value is -1.85. The van der Waals surface area contributed by atoms with Crippen LogP contribution < -0.4 is 5.32 Å². The van der Waals surface area contributed by atoms with Crippen molar-refractivity contribution in [1.29, 1.82) is 0 Å². The number of rotatable bonds is 5. The Morgan fingerprint density at radius 3 is 2.52 bits per heavy atom. The van der Waals surface area contributed by atoms with Gasteiger partial charge in [-0.15, -0.1) is 0 Å². The zero-order chi connectivity index (χ0) is 15.1. The van der Waals surface area contributed by atoms with Gasteiger partial charge in [-0.2, -0.15) is 5.10 Å². The molecule has 0 aromatic carbocycles. The third-order valence-electron chi connectivity index (χ3n) is 3.92. The summed E-state index contributed by atoms with van der Waals surface area (Å²) in [4.78, 5) is 22.7. The summed E-state index contributed by atoms with van der Waals surface area (Å²) >= 11 is 0. The molecule has 1 aliphatic carbocycles. The molecule has 1 heterocycles. The lowest BCUT2D eigenvalue weighted by atomic mass is 9.96. The molecule has 1 aliphatic rings. The summed E-state index contributed by atoms with van der Waals surface area (Å²) in [6.45, 7) is 0.409. The molecule has 0 unspecified atom stereocenters. The standard InChI is InChI=1S/C15H23N3O3/c19-14(17-13-6-4-2-1-3-5-7-13)8-9-18-11-12(10-16-18)15(20)21/h10-11,13H,1-9H2,(H,17,19)(H,20,21). The van der Waals surface area contributed by atoms with Crippen LogP contribution in [0, 0.1) is 0 Å². The topological polar surface area (TPSA) is 84.2 Å². The van der Waals surface area contributed by atoms with Gasteiger partial charge in [-0.05, 0) is 12.8 Å². The van der Waals surface area contributed by atoms with Crippen LogP contribution in [0.15, 0.2) is 12.4 Å². The lowest BCUT2D eigenvalue weighted by molar-refractivity contribution is -0.122. The molecule has 116 valence electrons. The summed E-state index contributed by atoms with van der Waals surface area (Å²) < 4.78 is 1.50. The van der Waals surface area contributed by atoms with Crippen molar-refractivity contribution in [2.75, 3.05) is 0 Å². The molecule has 0 atom stereocenters. The quantitative estimate of drug-likeness (QED) is 0.871. The van der Waals surface area contributed by atoms with Gasteiger partial charge >= 0.3 is 5.97 Å². The molecule has 0 spiro atoms. The first-order chi connectivity index (χ1) is 10.1. The molecule has 1 fully saturated rings. The number of carboxylic acid groups (broad SMARTS) is 1. The molecule has 1 aromatic rings. The van der Waals surface area contributed by atoms with E-state index in [2.05, 4.69) is 10.4 Å². The van der Waals surface area contributed by atoms with Gasteiger partial charge in [0.2, 0.25) is 5.91 Å². The molecule has 6 heteroatoms. The Balaban J connectivity index is 1.74. The predicted molar refractivity (Wildman–Crippen MR) is 78.1 cm³/mol.